The maximum absolute atomic E-state index is 11.4. The Morgan fingerprint density at radius 1 is 1.00 bits per heavy atom. The number of nitrogens with two attached hydrogens (primary N) is 1. The van der Waals surface area contributed by atoms with Gasteiger partial charge in [0.2, 0.25) is 0 Å². The number of hydrogen-bond acceptors (Lipinski definition) is 3. The van der Waals surface area contributed by atoms with Gasteiger partial charge in [0.05, 0.1) is 11.3 Å². The van der Waals surface area contributed by atoms with Crippen LogP contribution in [0.2, 0.25) is 0 Å². The van der Waals surface area contributed by atoms with Gasteiger partial charge in [-0.15, -0.1) is 0 Å². The Labute approximate surface area is 127 Å². The van der Waals surface area contributed by atoms with Gasteiger partial charge in [0, 0.05) is 11.8 Å². The van der Waals surface area contributed by atoms with Crippen LogP contribution in [0.4, 0.5) is 5.69 Å². The summed E-state index contributed by atoms with van der Waals surface area (Å²) in [5.74, 6) is -0.395. The summed E-state index contributed by atoms with van der Waals surface area (Å²) >= 11 is 0. The Balaban J connectivity index is 2.11. The van der Waals surface area contributed by atoms with E-state index in [1.54, 1.807) is 36.5 Å². The molecule has 0 spiro atoms. The van der Waals surface area contributed by atoms with Crippen molar-refractivity contribution in [3.8, 4) is 5.75 Å². The van der Waals surface area contributed by atoms with Crippen molar-refractivity contribution < 1.29 is 9.90 Å². The van der Waals surface area contributed by atoms with E-state index in [1.165, 1.54) is 0 Å². The molecule has 3 aromatic rings. The van der Waals surface area contributed by atoms with E-state index in [0.717, 1.165) is 10.8 Å². The summed E-state index contributed by atoms with van der Waals surface area (Å²) in [6.45, 7) is 0. The number of aliphatic imine (C=N–C) groups is 1. The summed E-state index contributed by atoms with van der Waals surface area (Å²) in [5.41, 5.74) is 6.77. The summed E-state index contributed by atoms with van der Waals surface area (Å²) in [6, 6.07) is 18.0. The van der Waals surface area contributed by atoms with Crippen LogP contribution in [-0.2, 0) is 0 Å². The highest BCUT2D eigenvalue weighted by Gasteiger charge is 2.07. The van der Waals surface area contributed by atoms with Crippen LogP contribution in [0, 0.1) is 0 Å². The van der Waals surface area contributed by atoms with E-state index in [-0.39, 0.29) is 5.75 Å². The van der Waals surface area contributed by atoms with Crippen LogP contribution in [-0.4, -0.2) is 17.2 Å². The Morgan fingerprint density at radius 3 is 2.55 bits per heavy atom. The number of phenols is 1. The van der Waals surface area contributed by atoms with Crippen LogP contribution in [0.25, 0.3) is 10.8 Å². The number of hydrogen-bond donors (Lipinski definition) is 2. The number of nitrogens with zero attached hydrogens (tertiary/aromatic N) is 1. The summed E-state index contributed by atoms with van der Waals surface area (Å²) < 4.78 is 0. The number of carbonyl (C=O) groups excluding carboxylic acids is 1. The predicted octanol–water partition coefficient (Wildman–Crippen LogP) is 3.39. The smallest absolute Gasteiger partial charge is 0.250 e. The first-order valence-corrected chi connectivity index (χ1v) is 6.80. The molecular formula is C18H14N2O2. The van der Waals surface area contributed by atoms with Gasteiger partial charge < -0.3 is 10.8 Å². The Hall–Kier alpha value is -3.14. The molecule has 0 atom stereocenters. The summed E-state index contributed by atoms with van der Waals surface area (Å²) in [7, 11) is 0. The average molecular weight is 290 g/mol. The minimum atomic E-state index is -0.533. The van der Waals surface area contributed by atoms with Gasteiger partial charge >= 0.3 is 0 Å². The zero-order valence-electron chi connectivity index (χ0n) is 11.7. The van der Waals surface area contributed by atoms with Gasteiger partial charge in [-0.05, 0) is 29.0 Å². The number of benzene rings is 3. The lowest BCUT2D eigenvalue weighted by atomic mass is 10.0. The van der Waals surface area contributed by atoms with E-state index in [4.69, 9.17) is 5.73 Å². The van der Waals surface area contributed by atoms with Gasteiger partial charge in [0.25, 0.3) is 5.91 Å². The fourth-order valence-electron chi connectivity index (χ4n) is 2.35. The molecule has 4 heteroatoms. The molecule has 0 radical (unpaired) electrons. The first-order valence-electron chi connectivity index (χ1n) is 6.80. The van der Waals surface area contributed by atoms with Crippen molar-refractivity contribution >= 4 is 28.6 Å². The average Bonchev–Trinajstić information content (AvgIpc) is 2.54. The molecule has 0 aromatic heterocycles. The highest BCUT2D eigenvalue weighted by atomic mass is 16.3. The largest absolute Gasteiger partial charge is 0.507 e. The van der Waals surface area contributed by atoms with E-state index >= 15 is 0 Å². The number of amides is 1. The van der Waals surface area contributed by atoms with E-state index in [0.29, 0.717) is 16.8 Å². The molecule has 0 aliphatic carbocycles. The quantitative estimate of drug-likeness (QED) is 0.725. The molecule has 4 nitrogen and oxygen atoms in total. The fraction of sp³-hybridized carbons (Fsp3) is 0. The molecule has 0 unspecified atom stereocenters. The van der Waals surface area contributed by atoms with Crippen LogP contribution < -0.4 is 5.73 Å². The summed E-state index contributed by atoms with van der Waals surface area (Å²) in [5, 5.41) is 12.0. The third kappa shape index (κ3) is 2.54. The standard InChI is InChI=1S/C18H14N2O2/c19-18(22)14-7-3-4-8-16(14)20-11-15-13-6-2-1-5-12(13)9-10-17(15)21/h1-11,21H,(H2,19,22)/b20-11+. The topological polar surface area (TPSA) is 75.7 Å². The minimum absolute atomic E-state index is 0.138. The number of carbonyl (C=O) groups is 1. The Bertz CT molecular complexity index is 885. The van der Waals surface area contributed by atoms with Crippen molar-refractivity contribution in [2.75, 3.05) is 0 Å². The molecule has 1 amide bonds. The van der Waals surface area contributed by atoms with Crippen molar-refractivity contribution in [1.82, 2.24) is 0 Å². The molecule has 0 heterocycles. The van der Waals surface area contributed by atoms with E-state index < -0.39 is 5.91 Å². The van der Waals surface area contributed by atoms with Crippen LogP contribution >= 0.6 is 0 Å². The zero-order valence-corrected chi connectivity index (χ0v) is 11.7. The van der Waals surface area contributed by atoms with Crippen molar-refractivity contribution in [2.45, 2.75) is 0 Å². The van der Waals surface area contributed by atoms with Crippen molar-refractivity contribution in [3.05, 3.63) is 71.8 Å². The number of aromatic hydroxyl groups is 1. The zero-order chi connectivity index (χ0) is 15.5. The van der Waals surface area contributed by atoms with Gasteiger partial charge in [0.15, 0.2) is 0 Å². The maximum Gasteiger partial charge on any atom is 0.250 e. The van der Waals surface area contributed by atoms with Gasteiger partial charge in [-0.1, -0.05) is 42.5 Å². The third-order valence-corrected chi connectivity index (χ3v) is 3.45. The predicted molar refractivity (Wildman–Crippen MR) is 87.8 cm³/mol. The Kier molecular flexibility index (Phi) is 3.58. The Morgan fingerprint density at radius 2 is 1.73 bits per heavy atom. The molecule has 0 aliphatic rings. The minimum Gasteiger partial charge on any atom is -0.507 e. The van der Waals surface area contributed by atoms with Crippen molar-refractivity contribution in [3.63, 3.8) is 0 Å². The number of para-hydroxylation sites is 1. The maximum atomic E-state index is 11.4. The number of fused-ring (bicyclic) bond motifs is 1. The molecule has 108 valence electrons. The lowest BCUT2D eigenvalue weighted by molar-refractivity contribution is 0.100. The van der Waals surface area contributed by atoms with Gasteiger partial charge in [-0.3, -0.25) is 9.79 Å². The van der Waals surface area contributed by atoms with Crippen molar-refractivity contribution in [2.24, 2.45) is 10.7 Å². The number of phenolic OH excluding ortho intramolecular Hbond substituents is 1. The molecular weight excluding hydrogens is 276 g/mol. The highest BCUT2D eigenvalue weighted by molar-refractivity contribution is 6.04. The van der Waals surface area contributed by atoms with E-state index in [1.807, 2.05) is 30.3 Å². The van der Waals surface area contributed by atoms with Crippen LogP contribution in [0.5, 0.6) is 5.75 Å². The summed E-state index contributed by atoms with van der Waals surface area (Å²) in [6.07, 6.45) is 1.56. The molecule has 0 bridgehead atoms. The van der Waals surface area contributed by atoms with Gasteiger partial charge in [0.1, 0.15) is 5.75 Å². The van der Waals surface area contributed by atoms with Crippen LogP contribution in [0.15, 0.2) is 65.7 Å². The SMILES string of the molecule is NC(=O)c1ccccc1/N=C/c1c(O)ccc2ccccc12. The van der Waals surface area contributed by atoms with E-state index in [9.17, 15) is 9.90 Å². The highest BCUT2D eigenvalue weighted by Crippen LogP contribution is 2.26. The van der Waals surface area contributed by atoms with Crippen LogP contribution in [0.3, 0.4) is 0 Å². The molecule has 3 rings (SSSR count). The summed E-state index contributed by atoms with van der Waals surface area (Å²) in [4.78, 5) is 15.7. The molecule has 3 N–H and O–H groups in total. The molecule has 22 heavy (non-hydrogen) atoms. The normalized spacial score (nSPS) is 11.1. The third-order valence-electron chi connectivity index (χ3n) is 3.45. The van der Waals surface area contributed by atoms with Crippen molar-refractivity contribution in [1.29, 1.82) is 0 Å². The second kappa shape index (κ2) is 5.69. The molecule has 0 aliphatic heterocycles. The fourth-order valence-corrected chi connectivity index (χ4v) is 2.35. The first kappa shape index (κ1) is 13.8. The first-order chi connectivity index (χ1) is 10.7. The molecule has 3 aromatic carbocycles. The monoisotopic (exact) mass is 290 g/mol. The molecule has 0 saturated carbocycles. The second-order valence-electron chi connectivity index (χ2n) is 4.86. The second-order valence-corrected chi connectivity index (χ2v) is 4.86. The number of rotatable bonds is 3. The van der Waals surface area contributed by atoms with Gasteiger partial charge in [-0.25, -0.2) is 0 Å². The number of primary amides is 1. The van der Waals surface area contributed by atoms with E-state index in [2.05, 4.69) is 4.99 Å². The molecule has 0 saturated heterocycles. The lowest BCUT2D eigenvalue weighted by Crippen LogP contribution is -2.10. The molecule has 0 fully saturated rings. The van der Waals surface area contributed by atoms with Crippen LogP contribution in [0.1, 0.15) is 15.9 Å². The van der Waals surface area contributed by atoms with Gasteiger partial charge in [-0.2, -0.15) is 0 Å². The lowest BCUT2D eigenvalue weighted by Gasteiger charge is -2.05.